The number of ether oxygens (including phenoxy) is 1. The van der Waals surface area contributed by atoms with E-state index < -0.39 is 0 Å². The lowest BCUT2D eigenvalue weighted by molar-refractivity contribution is -0.134. The maximum Gasteiger partial charge on any atom is 0.139 e. The fourth-order valence-corrected chi connectivity index (χ4v) is 6.95. The summed E-state index contributed by atoms with van der Waals surface area (Å²) < 4.78 is 5.82. The van der Waals surface area contributed by atoms with Crippen LogP contribution >= 0.6 is 0 Å². The first-order valence-corrected chi connectivity index (χ1v) is 9.89. The summed E-state index contributed by atoms with van der Waals surface area (Å²) in [5.74, 6) is 4.63. The number of carbonyl (C=O) groups excluding carboxylic acids is 1. The minimum Gasteiger partial charge on any atom is -0.394 e. The maximum atomic E-state index is 12.4. The molecule has 4 aliphatic rings. The van der Waals surface area contributed by atoms with Gasteiger partial charge in [-0.3, -0.25) is 4.79 Å². The molecule has 0 radical (unpaired) electrons. The number of rotatable bonds is 3. The van der Waals surface area contributed by atoms with Crippen LogP contribution in [0.3, 0.4) is 0 Å². The van der Waals surface area contributed by atoms with Gasteiger partial charge in [-0.1, -0.05) is 6.92 Å². The van der Waals surface area contributed by atoms with Gasteiger partial charge in [-0.05, 0) is 81.0 Å². The molecule has 0 saturated heterocycles. The lowest BCUT2D eigenvalue weighted by Crippen LogP contribution is -2.49. The minimum atomic E-state index is 0.0233. The third-order valence-electron chi connectivity index (χ3n) is 8.06. The largest absolute Gasteiger partial charge is 0.394 e. The van der Waals surface area contributed by atoms with E-state index in [9.17, 15) is 4.79 Å². The molecule has 130 valence electrons. The molecule has 7 atom stereocenters. The molecule has 0 aromatic heterocycles. The Morgan fingerprint density at radius 3 is 2.74 bits per heavy atom. The first kappa shape index (κ1) is 16.1. The highest BCUT2D eigenvalue weighted by Gasteiger charge is 2.56. The van der Waals surface area contributed by atoms with Crippen LogP contribution in [0, 0.1) is 35.0 Å². The molecule has 4 aliphatic carbocycles. The van der Waals surface area contributed by atoms with E-state index in [0.29, 0.717) is 24.4 Å². The van der Waals surface area contributed by atoms with Gasteiger partial charge in [-0.2, -0.15) is 0 Å². The second-order valence-electron chi connectivity index (χ2n) is 8.88. The minimum absolute atomic E-state index is 0.0233. The van der Waals surface area contributed by atoms with Crippen LogP contribution in [-0.2, 0) is 9.53 Å². The molecular weight excluding hydrogens is 288 g/mol. The molecule has 3 heteroatoms. The van der Waals surface area contributed by atoms with Gasteiger partial charge in [-0.15, -0.1) is 0 Å². The Labute approximate surface area is 140 Å². The van der Waals surface area contributed by atoms with Gasteiger partial charge in [-0.25, -0.2) is 0 Å². The van der Waals surface area contributed by atoms with Crippen molar-refractivity contribution in [2.45, 2.75) is 70.8 Å². The van der Waals surface area contributed by atoms with E-state index in [0.717, 1.165) is 42.9 Å². The number of hydrogen-bond donors (Lipinski definition) is 1. The van der Waals surface area contributed by atoms with Crippen LogP contribution in [0.2, 0.25) is 0 Å². The second-order valence-corrected chi connectivity index (χ2v) is 8.88. The summed E-state index contributed by atoms with van der Waals surface area (Å²) in [5.41, 5.74) is 0.0233. The highest BCUT2D eigenvalue weighted by molar-refractivity contribution is 5.87. The van der Waals surface area contributed by atoms with Gasteiger partial charge in [0.1, 0.15) is 5.78 Å². The third kappa shape index (κ3) is 2.59. The molecule has 0 amide bonds. The zero-order valence-electron chi connectivity index (χ0n) is 14.5. The van der Waals surface area contributed by atoms with Crippen molar-refractivity contribution in [1.29, 1.82) is 0 Å². The quantitative estimate of drug-likeness (QED) is 0.864. The second kappa shape index (κ2) is 6.15. The standard InChI is InChI=1S/C20H32O3/c1-20-9-8-16-15-5-3-14(23-11-10-21)12-13(15)2-4-17(16)18(20)6-7-19(20)22/h13-18,21H,2-12H2,1H3/t13?,14?,15?,16?,17?,18?,20-/m0/s1. The van der Waals surface area contributed by atoms with Gasteiger partial charge >= 0.3 is 0 Å². The van der Waals surface area contributed by atoms with E-state index in [-0.39, 0.29) is 12.0 Å². The fraction of sp³-hybridized carbons (Fsp3) is 0.950. The van der Waals surface area contributed by atoms with Crippen LogP contribution in [0.25, 0.3) is 0 Å². The Morgan fingerprint density at radius 2 is 1.91 bits per heavy atom. The summed E-state index contributed by atoms with van der Waals surface area (Å²) in [6.45, 7) is 2.91. The molecule has 0 bridgehead atoms. The number of carbonyl (C=O) groups is 1. The first-order chi connectivity index (χ1) is 11.1. The van der Waals surface area contributed by atoms with Crippen LogP contribution in [0.5, 0.6) is 0 Å². The SMILES string of the molecule is C[C@]12CCC3C4CCC(OCCO)CC4CCC3C1CCC2=O. The molecule has 6 unspecified atom stereocenters. The van der Waals surface area contributed by atoms with E-state index >= 15 is 0 Å². The summed E-state index contributed by atoms with van der Waals surface area (Å²) in [5, 5.41) is 8.96. The van der Waals surface area contributed by atoms with Crippen molar-refractivity contribution < 1.29 is 14.6 Å². The fourth-order valence-electron chi connectivity index (χ4n) is 6.95. The highest BCUT2D eigenvalue weighted by Crippen LogP contribution is 2.61. The summed E-state index contributed by atoms with van der Waals surface area (Å²) >= 11 is 0. The number of aliphatic hydroxyl groups is 1. The van der Waals surface area contributed by atoms with E-state index in [1.165, 1.54) is 38.5 Å². The topological polar surface area (TPSA) is 46.5 Å². The summed E-state index contributed by atoms with van der Waals surface area (Å²) in [6, 6.07) is 0. The van der Waals surface area contributed by atoms with Crippen LogP contribution in [-0.4, -0.2) is 30.2 Å². The Bertz CT molecular complexity index is 462. The van der Waals surface area contributed by atoms with Crippen molar-refractivity contribution in [3.63, 3.8) is 0 Å². The van der Waals surface area contributed by atoms with Crippen LogP contribution in [0.4, 0.5) is 0 Å². The normalized spacial score (nSPS) is 49.4. The molecule has 0 aromatic carbocycles. The van der Waals surface area contributed by atoms with Gasteiger partial charge in [0.15, 0.2) is 0 Å². The third-order valence-corrected chi connectivity index (χ3v) is 8.06. The molecule has 0 aliphatic heterocycles. The molecule has 4 fully saturated rings. The number of fused-ring (bicyclic) bond motifs is 5. The van der Waals surface area contributed by atoms with Gasteiger partial charge in [0.2, 0.25) is 0 Å². The molecule has 0 heterocycles. The lowest BCUT2D eigenvalue weighted by atomic mass is 9.50. The van der Waals surface area contributed by atoms with Gasteiger partial charge in [0.25, 0.3) is 0 Å². The van der Waals surface area contributed by atoms with Crippen LogP contribution in [0.1, 0.15) is 64.7 Å². The number of Topliss-reactive ketones (excluding diaryl/α,β-unsaturated/α-hetero) is 1. The Balaban J connectivity index is 1.45. The van der Waals surface area contributed by atoms with Crippen LogP contribution in [0.15, 0.2) is 0 Å². The lowest BCUT2D eigenvalue weighted by Gasteiger charge is -2.54. The molecule has 23 heavy (non-hydrogen) atoms. The molecule has 0 spiro atoms. The Kier molecular flexibility index (Phi) is 4.30. The Morgan fingerprint density at radius 1 is 1.09 bits per heavy atom. The molecule has 3 nitrogen and oxygen atoms in total. The Hall–Kier alpha value is -0.410. The van der Waals surface area contributed by atoms with Crippen LogP contribution < -0.4 is 0 Å². The zero-order valence-corrected chi connectivity index (χ0v) is 14.5. The van der Waals surface area contributed by atoms with Gasteiger partial charge in [0, 0.05) is 11.8 Å². The van der Waals surface area contributed by atoms with Crippen molar-refractivity contribution in [2.75, 3.05) is 13.2 Å². The zero-order chi connectivity index (χ0) is 16.0. The number of aliphatic hydroxyl groups excluding tert-OH is 1. The predicted octanol–water partition coefficient (Wildman–Crippen LogP) is 3.59. The summed E-state index contributed by atoms with van der Waals surface area (Å²) in [7, 11) is 0. The predicted molar refractivity (Wildman–Crippen MR) is 88.9 cm³/mol. The van der Waals surface area contributed by atoms with E-state index in [1.54, 1.807) is 0 Å². The monoisotopic (exact) mass is 320 g/mol. The highest BCUT2D eigenvalue weighted by atomic mass is 16.5. The van der Waals surface area contributed by atoms with Crippen molar-refractivity contribution in [1.82, 2.24) is 0 Å². The van der Waals surface area contributed by atoms with Crippen molar-refractivity contribution in [2.24, 2.45) is 35.0 Å². The molecule has 4 rings (SSSR count). The van der Waals surface area contributed by atoms with Gasteiger partial charge in [0.05, 0.1) is 19.3 Å². The summed E-state index contributed by atoms with van der Waals surface area (Å²) in [4.78, 5) is 12.4. The average molecular weight is 320 g/mol. The smallest absolute Gasteiger partial charge is 0.139 e. The molecular formula is C20H32O3. The summed E-state index contributed by atoms with van der Waals surface area (Å²) in [6.07, 6.45) is 11.2. The molecule has 1 N–H and O–H groups in total. The van der Waals surface area contributed by atoms with Crippen molar-refractivity contribution in [3.05, 3.63) is 0 Å². The maximum absolute atomic E-state index is 12.4. The number of hydrogen-bond acceptors (Lipinski definition) is 3. The average Bonchev–Trinajstić information content (AvgIpc) is 2.88. The van der Waals surface area contributed by atoms with E-state index in [4.69, 9.17) is 9.84 Å². The van der Waals surface area contributed by atoms with Crippen molar-refractivity contribution in [3.8, 4) is 0 Å². The molecule has 4 saturated carbocycles. The molecule has 0 aromatic rings. The number of ketones is 1. The first-order valence-electron chi connectivity index (χ1n) is 9.89. The van der Waals surface area contributed by atoms with E-state index in [2.05, 4.69) is 6.92 Å². The van der Waals surface area contributed by atoms with Gasteiger partial charge < -0.3 is 9.84 Å². The van der Waals surface area contributed by atoms with Crippen molar-refractivity contribution >= 4 is 5.78 Å². The van der Waals surface area contributed by atoms with E-state index in [1.807, 2.05) is 0 Å².